The number of nitrogens with zero attached hydrogens (tertiary/aromatic N) is 4. The third kappa shape index (κ3) is 4.73. The van der Waals surface area contributed by atoms with Crippen LogP contribution >= 0.6 is 0 Å². The lowest BCUT2D eigenvalue weighted by atomic mass is 9.91. The number of rotatable bonds is 7. The molecular formula is C20H29N5O2. The second kappa shape index (κ2) is 8.63. The van der Waals surface area contributed by atoms with Crippen molar-refractivity contribution in [1.82, 2.24) is 14.9 Å². The summed E-state index contributed by atoms with van der Waals surface area (Å²) in [5.74, 6) is 0.0626. The van der Waals surface area contributed by atoms with E-state index in [0.717, 1.165) is 42.4 Å². The van der Waals surface area contributed by atoms with E-state index in [1.807, 2.05) is 18.3 Å². The number of pyridine rings is 2. The van der Waals surface area contributed by atoms with Gasteiger partial charge < -0.3 is 20.6 Å². The number of fused-ring (bicyclic) bond motifs is 1. The molecule has 7 heteroatoms. The molecule has 0 aliphatic carbocycles. The first-order chi connectivity index (χ1) is 13.0. The first-order valence-electron chi connectivity index (χ1n) is 9.62. The number of hydrogen-bond acceptors (Lipinski definition) is 6. The number of piperidine rings is 1. The van der Waals surface area contributed by atoms with Gasteiger partial charge in [0.1, 0.15) is 0 Å². The van der Waals surface area contributed by atoms with Gasteiger partial charge in [-0.05, 0) is 44.4 Å². The molecule has 2 aromatic rings. The Hall–Kier alpha value is -2.25. The molecule has 7 nitrogen and oxygen atoms in total. The van der Waals surface area contributed by atoms with Crippen LogP contribution in [0.2, 0.25) is 0 Å². The lowest BCUT2D eigenvalue weighted by Gasteiger charge is -2.42. The van der Waals surface area contributed by atoms with Crippen molar-refractivity contribution >= 4 is 22.5 Å². The molecule has 0 bridgehead atoms. The average molecular weight is 371 g/mol. The number of hydrogen-bond donors (Lipinski definition) is 2. The van der Waals surface area contributed by atoms with E-state index in [4.69, 9.17) is 5.73 Å². The Morgan fingerprint density at radius 3 is 3.04 bits per heavy atom. The second-order valence-electron chi connectivity index (χ2n) is 7.47. The van der Waals surface area contributed by atoms with Crippen LogP contribution < -0.4 is 10.6 Å². The van der Waals surface area contributed by atoms with Gasteiger partial charge in [0.15, 0.2) is 0 Å². The maximum atomic E-state index is 12.3. The molecule has 1 aliphatic rings. The van der Waals surface area contributed by atoms with Gasteiger partial charge in [-0.1, -0.05) is 0 Å². The number of β-amino-alcohol motifs (C(OH)–C–C–N with tert-alkyl or cyclic N) is 1. The smallest absolute Gasteiger partial charge is 0.222 e. The minimum absolute atomic E-state index is 0.0626. The number of aromatic nitrogens is 2. The Balaban J connectivity index is 1.70. The van der Waals surface area contributed by atoms with Crippen LogP contribution in [0.3, 0.4) is 0 Å². The highest BCUT2D eigenvalue weighted by Crippen LogP contribution is 2.30. The topological polar surface area (TPSA) is 95.6 Å². The Bertz CT molecular complexity index is 779. The maximum Gasteiger partial charge on any atom is 0.222 e. The summed E-state index contributed by atoms with van der Waals surface area (Å²) in [5.41, 5.74) is 6.49. The Morgan fingerprint density at radius 2 is 2.22 bits per heavy atom. The summed E-state index contributed by atoms with van der Waals surface area (Å²) < 4.78 is 0. The summed E-state index contributed by atoms with van der Waals surface area (Å²) in [4.78, 5) is 24.8. The highest BCUT2D eigenvalue weighted by atomic mass is 16.3. The van der Waals surface area contributed by atoms with Crippen molar-refractivity contribution < 1.29 is 9.90 Å². The molecule has 1 aliphatic heterocycles. The summed E-state index contributed by atoms with van der Waals surface area (Å²) >= 11 is 0. The molecule has 2 aromatic heterocycles. The summed E-state index contributed by atoms with van der Waals surface area (Å²) in [5, 5.41) is 12.2. The van der Waals surface area contributed by atoms with Gasteiger partial charge in [-0.2, -0.15) is 0 Å². The number of amides is 1. The molecule has 146 valence electrons. The number of aliphatic hydroxyl groups is 1. The molecule has 0 spiro atoms. The van der Waals surface area contributed by atoms with E-state index in [9.17, 15) is 9.90 Å². The molecule has 0 saturated carbocycles. The first-order valence-corrected chi connectivity index (χ1v) is 9.62. The fourth-order valence-electron chi connectivity index (χ4n) is 3.84. The van der Waals surface area contributed by atoms with Gasteiger partial charge in [0, 0.05) is 56.2 Å². The Labute approximate surface area is 160 Å². The standard InChI is InChI=1S/C20H29N5O2/c1-24(19(26)5-2-3-9-21)14-20(27)8-4-12-25(15-20)18-7-11-23-17-6-10-22-13-16(17)18/h6-7,10-11,13,27H,2-5,8-9,12,14-15,21H2,1H3/t20-/m0/s1. The van der Waals surface area contributed by atoms with Crippen LogP contribution in [0.5, 0.6) is 0 Å². The van der Waals surface area contributed by atoms with E-state index in [-0.39, 0.29) is 5.91 Å². The minimum Gasteiger partial charge on any atom is -0.386 e. The van der Waals surface area contributed by atoms with Crippen LogP contribution in [0, 0.1) is 0 Å². The fraction of sp³-hybridized carbons (Fsp3) is 0.550. The van der Waals surface area contributed by atoms with Gasteiger partial charge in [0.25, 0.3) is 0 Å². The van der Waals surface area contributed by atoms with Crippen LogP contribution in [0.25, 0.3) is 10.9 Å². The van der Waals surface area contributed by atoms with E-state index < -0.39 is 5.60 Å². The van der Waals surface area contributed by atoms with Crippen molar-refractivity contribution in [3.05, 3.63) is 30.7 Å². The Morgan fingerprint density at radius 1 is 1.37 bits per heavy atom. The number of carbonyl (C=O) groups excluding carboxylic acids is 1. The minimum atomic E-state index is -0.922. The highest BCUT2D eigenvalue weighted by molar-refractivity contribution is 5.90. The number of carbonyl (C=O) groups is 1. The first kappa shape index (κ1) is 19.5. The molecule has 3 N–H and O–H groups in total. The van der Waals surface area contributed by atoms with Crippen molar-refractivity contribution in [3.8, 4) is 0 Å². The zero-order valence-corrected chi connectivity index (χ0v) is 16.0. The van der Waals surface area contributed by atoms with Crippen LogP contribution in [0.1, 0.15) is 32.1 Å². The molecular weight excluding hydrogens is 342 g/mol. The van der Waals surface area contributed by atoms with Crippen molar-refractivity contribution in [3.63, 3.8) is 0 Å². The van der Waals surface area contributed by atoms with Gasteiger partial charge in [0.2, 0.25) is 5.91 Å². The zero-order chi connectivity index (χ0) is 19.3. The summed E-state index contributed by atoms with van der Waals surface area (Å²) in [6.07, 6.45) is 9.02. The molecule has 3 rings (SSSR count). The van der Waals surface area contributed by atoms with E-state index in [0.29, 0.717) is 32.5 Å². The van der Waals surface area contributed by atoms with Crippen molar-refractivity contribution in [1.29, 1.82) is 0 Å². The monoisotopic (exact) mass is 371 g/mol. The number of likely N-dealkylation sites (N-methyl/N-ethyl adjacent to an activating group) is 1. The summed E-state index contributed by atoms with van der Waals surface area (Å²) in [6.45, 7) is 2.29. The summed E-state index contributed by atoms with van der Waals surface area (Å²) in [7, 11) is 1.77. The SMILES string of the molecule is CN(C[C@@]1(O)CCCN(c2ccnc3ccncc23)C1)C(=O)CCCCN. The van der Waals surface area contributed by atoms with Gasteiger partial charge in [-0.15, -0.1) is 0 Å². The van der Waals surface area contributed by atoms with Gasteiger partial charge in [-0.3, -0.25) is 14.8 Å². The molecule has 3 heterocycles. The van der Waals surface area contributed by atoms with E-state index >= 15 is 0 Å². The number of unbranched alkanes of at least 4 members (excludes halogenated alkanes) is 1. The average Bonchev–Trinajstić information content (AvgIpc) is 2.67. The second-order valence-corrected chi connectivity index (χ2v) is 7.47. The third-order valence-electron chi connectivity index (χ3n) is 5.22. The van der Waals surface area contributed by atoms with Gasteiger partial charge in [-0.25, -0.2) is 0 Å². The van der Waals surface area contributed by atoms with E-state index in [2.05, 4.69) is 14.9 Å². The van der Waals surface area contributed by atoms with E-state index in [1.165, 1.54) is 0 Å². The molecule has 1 fully saturated rings. The largest absolute Gasteiger partial charge is 0.386 e. The van der Waals surface area contributed by atoms with E-state index in [1.54, 1.807) is 24.3 Å². The molecule has 0 aromatic carbocycles. The van der Waals surface area contributed by atoms with Crippen LogP contribution in [0.4, 0.5) is 5.69 Å². The van der Waals surface area contributed by atoms with Crippen molar-refractivity contribution in [2.45, 2.75) is 37.7 Å². The number of anilines is 1. The van der Waals surface area contributed by atoms with Crippen molar-refractivity contribution in [2.75, 3.05) is 38.1 Å². The molecule has 1 amide bonds. The maximum absolute atomic E-state index is 12.3. The normalized spacial score (nSPS) is 20.0. The lowest BCUT2D eigenvalue weighted by molar-refractivity contribution is -0.133. The van der Waals surface area contributed by atoms with Crippen LogP contribution in [-0.2, 0) is 4.79 Å². The quantitative estimate of drug-likeness (QED) is 0.717. The molecule has 1 atom stereocenters. The molecule has 0 unspecified atom stereocenters. The Kier molecular flexibility index (Phi) is 6.23. The molecule has 0 radical (unpaired) electrons. The molecule has 1 saturated heterocycles. The van der Waals surface area contributed by atoms with Gasteiger partial charge >= 0.3 is 0 Å². The predicted octanol–water partition coefficient (Wildman–Crippen LogP) is 1.55. The lowest BCUT2D eigenvalue weighted by Crippen LogP contribution is -2.54. The van der Waals surface area contributed by atoms with Crippen molar-refractivity contribution in [2.24, 2.45) is 5.73 Å². The summed E-state index contributed by atoms with van der Waals surface area (Å²) in [6, 6.07) is 3.86. The third-order valence-corrected chi connectivity index (χ3v) is 5.22. The highest BCUT2D eigenvalue weighted by Gasteiger charge is 2.35. The molecule has 27 heavy (non-hydrogen) atoms. The fourth-order valence-corrected chi connectivity index (χ4v) is 3.84. The predicted molar refractivity (Wildman–Crippen MR) is 106 cm³/mol. The van der Waals surface area contributed by atoms with Gasteiger partial charge in [0.05, 0.1) is 17.7 Å². The zero-order valence-electron chi connectivity index (χ0n) is 16.0. The van der Waals surface area contributed by atoms with Crippen LogP contribution in [0.15, 0.2) is 30.7 Å². The van der Waals surface area contributed by atoms with Crippen LogP contribution in [-0.4, -0.2) is 64.7 Å². The number of nitrogens with two attached hydrogens (primary N) is 1.